The van der Waals surface area contributed by atoms with Crippen molar-refractivity contribution in [1.29, 1.82) is 0 Å². The van der Waals surface area contributed by atoms with Crippen molar-refractivity contribution in [3.8, 4) is 0 Å². The summed E-state index contributed by atoms with van der Waals surface area (Å²) in [7, 11) is 0. The Morgan fingerprint density at radius 1 is 0.844 bits per heavy atom. The zero-order chi connectivity index (χ0) is 26.2. The minimum atomic E-state index is -1.18. The van der Waals surface area contributed by atoms with Gasteiger partial charge in [0.05, 0.1) is 6.10 Å². The second kappa shape index (κ2) is 18.8. The maximum Gasteiger partial charge on any atom is 0.331 e. The summed E-state index contributed by atoms with van der Waals surface area (Å²) in [5.41, 5.74) is 21.0. The number of rotatable bonds is 10. The lowest BCUT2D eigenvalue weighted by Gasteiger charge is -2.16. The van der Waals surface area contributed by atoms with Gasteiger partial charge in [0, 0.05) is 5.75 Å². The number of aliphatic hydroxyl groups excluding tert-OH is 1. The highest BCUT2D eigenvalue weighted by Crippen LogP contribution is 2.07. The Morgan fingerprint density at radius 3 is 1.53 bits per heavy atom. The van der Waals surface area contributed by atoms with Crippen molar-refractivity contribution in [2.45, 2.75) is 77.7 Å². The molecule has 0 saturated carbocycles. The molecule has 0 aliphatic rings. The number of thiol groups is 1. The molecule has 0 unspecified atom stereocenters. The van der Waals surface area contributed by atoms with Crippen LogP contribution in [0.15, 0.2) is 0 Å². The molecule has 0 spiro atoms. The molecule has 0 amide bonds. The Labute approximate surface area is 194 Å². The first-order chi connectivity index (χ1) is 14.5. The minimum Gasteiger partial charge on any atom is -0.480 e. The van der Waals surface area contributed by atoms with Crippen LogP contribution in [0.25, 0.3) is 0 Å². The fourth-order valence-electron chi connectivity index (χ4n) is 1.62. The smallest absolute Gasteiger partial charge is 0.331 e. The van der Waals surface area contributed by atoms with Crippen LogP contribution in [0.4, 0.5) is 0 Å². The summed E-state index contributed by atoms with van der Waals surface area (Å²) in [6, 6.07) is -3.52. The predicted molar refractivity (Wildman–Crippen MR) is 123 cm³/mol. The Morgan fingerprint density at radius 2 is 1.31 bits per heavy atom. The van der Waals surface area contributed by atoms with E-state index < -0.39 is 54.1 Å². The molecule has 32 heavy (non-hydrogen) atoms. The van der Waals surface area contributed by atoms with Crippen LogP contribution in [0, 0.1) is 11.8 Å². The van der Waals surface area contributed by atoms with Crippen molar-refractivity contribution >= 4 is 36.5 Å². The highest BCUT2D eigenvalue weighted by Gasteiger charge is 2.25. The molecular weight excluding hydrogens is 444 g/mol. The van der Waals surface area contributed by atoms with E-state index in [2.05, 4.69) is 17.4 Å². The van der Waals surface area contributed by atoms with E-state index in [1.54, 1.807) is 0 Å². The molecule has 12 nitrogen and oxygen atoms in total. The summed E-state index contributed by atoms with van der Waals surface area (Å²) in [5.74, 6) is -3.15. The summed E-state index contributed by atoms with van der Waals surface area (Å²) in [6.07, 6.45) is 0.311. The highest BCUT2D eigenvalue weighted by atomic mass is 32.1. The maximum atomic E-state index is 11.3. The quantitative estimate of drug-likeness (QED) is 0.105. The zero-order valence-corrected chi connectivity index (χ0v) is 20.2. The van der Waals surface area contributed by atoms with Crippen molar-refractivity contribution in [2.24, 2.45) is 34.8 Å². The number of carbonyl (C=O) groups is 4. The molecule has 6 atom stereocenters. The maximum absolute atomic E-state index is 11.3. The molecule has 13 heteroatoms. The molecular formula is C19H40N4O8S. The number of carboxylic acids is 2. The number of aliphatic hydroxyl groups is 1. The van der Waals surface area contributed by atoms with Crippen LogP contribution in [-0.2, 0) is 23.9 Å². The first kappa shape index (κ1) is 34.8. The van der Waals surface area contributed by atoms with Gasteiger partial charge in [-0.05, 0) is 25.2 Å². The lowest BCUT2D eigenvalue weighted by molar-refractivity contribution is -0.162. The molecule has 0 aliphatic carbocycles. The third-order valence-corrected chi connectivity index (χ3v) is 4.47. The van der Waals surface area contributed by atoms with Gasteiger partial charge >= 0.3 is 23.9 Å². The van der Waals surface area contributed by atoms with Gasteiger partial charge in [-0.2, -0.15) is 12.6 Å². The van der Waals surface area contributed by atoms with Gasteiger partial charge in [-0.25, -0.2) is 9.59 Å². The van der Waals surface area contributed by atoms with Crippen molar-refractivity contribution < 1.29 is 39.2 Å². The van der Waals surface area contributed by atoms with Crippen LogP contribution in [-0.4, -0.2) is 75.2 Å². The second-order valence-electron chi connectivity index (χ2n) is 7.62. The Hall–Kier alpha value is -1.77. The molecule has 0 bridgehead atoms. The topological polar surface area (TPSA) is 242 Å². The number of carboxylic acid groups (broad SMARTS) is 2. The van der Waals surface area contributed by atoms with Gasteiger partial charge in [0.2, 0.25) is 0 Å². The fourth-order valence-corrected chi connectivity index (χ4v) is 1.77. The average Bonchev–Trinajstić information content (AvgIpc) is 2.71. The Balaban J connectivity index is -0.000000424. The number of esters is 2. The van der Waals surface area contributed by atoms with Crippen LogP contribution in [0.2, 0.25) is 0 Å². The highest BCUT2D eigenvalue weighted by molar-refractivity contribution is 7.80. The van der Waals surface area contributed by atoms with E-state index in [0.717, 1.165) is 6.42 Å². The summed E-state index contributed by atoms with van der Waals surface area (Å²) in [5, 5.41) is 24.9. The lowest BCUT2D eigenvalue weighted by atomic mass is 10.0. The van der Waals surface area contributed by atoms with Crippen LogP contribution >= 0.6 is 12.6 Å². The molecule has 0 aromatic rings. The van der Waals surface area contributed by atoms with E-state index in [0.29, 0.717) is 12.3 Å². The van der Waals surface area contributed by atoms with Crippen molar-refractivity contribution in [2.75, 3.05) is 5.75 Å². The Bertz CT molecular complexity index is 578. The number of nitrogens with two attached hydrogens (primary N) is 4. The largest absolute Gasteiger partial charge is 0.480 e. The van der Waals surface area contributed by atoms with E-state index >= 15 is 0 Å². The first-order valence-corrected chi connectivity index (χ1v) is 10.7. The number of ether oxygens (including phenoxy) is 1. The van der Waals surface area contributed by atoms with Crippen LogP contribution < -0.4 is 22.9 Å². The van der Waals surface area contributed by atoms with Crippen molar-refractivity contribution in [3.63, 3.8) is 0 Å². The summed E-state index contributed by atoms with van der Waals surface area (Å²) >= 11 is 3.82. The molecule has 190 valence electrons. The number of hydrogen-bond donors (Lipinski definition) is 8. The fraction of sp³-hybridized carbons (Fsp3) is 0.789. The van der Waals surface area contributed by atoms with E-state index in [9.17, 15) is 19.2 Å². The molecule has 0 aliphatic heterocycles. The van der Waals surface area contributed by atoms with Crippen molar-refractivity contribution in [3.05, 3.63) is 0 Å². The first-order valence-electron chi connectivity index (χ1n) is 10.1. The monoisotopic (exact) mass is 484 g/mol. The molecule has 0 rings (SSSR count). The molecule has 0 aromatic heterocycles. The SMILES string of the molecule is CC(C)C[C@H](N)C(=O)O.CC[C@H](C)[C@H](N)C(=O)OC(=O)[C@@H](N)CS.C[C@@H](O)[C@H](N)C(=O)O. The van der Waals surface area contributed by atoms with Crippen LogP contribution in [0.3, 0.4) is 0 Å². The van der Waals surface area contributed by atoms with Crippen LogP contribution in [0.1, 0.15) is 47.5 Å². The minimum absolute atomic E-state index is 0.0301. The summed E-state index contributed by atoms with van der Waals surface area (Å²) in [6.45, 7) is 8.94. The second-order valence-corrected chi connectivity index (χ2v) is 7.98. The van der Waals surface area contributed by atoms with Gasteiger partial charge in [-0.1, -0.05) is 34.1 Å². The molecule has 0 fully saturated rings. The van der Waals surface area contributed by atoms with Gasteiger partial charge in [-0.15, -0.1) is 0 Å². The van der Waals surface area contributed by atoms with Gasteiger partial charge in [-0.3, -0.25) is 9.59 Å². The summed E-state index contributed by atoms with van der Waals surface area (Å²) in [4.78, 5) is 42.4. The average molecular weight is 485 g/mol. The molecule has 0 saturated heterocycles. The standard InChI is InChI=1S/C9H18N2O3S.C6H13NO2.C4H9NO3/c1-3-5(2)7(11)9(13)14-8(12)6(10)4-15;1-4(2)3-5(7)6(8)9;1-2(6)3(5)4(7)8/h5-7,15H,3-4,10-11H2,1-2H3;4-5H,3,7H2,1-2H3,(H,8,9);2-3,6H,5H2,1H3,(H,7,8)/t5-,6-,7-;5-;2-,3+/m001/s1. The molecule has 0 aromatic carbocycles. The molecule has 11 N–H and O–H groups in total. The normalized spacial score (nSPS) is 16.0. The van der Waals surface area contributed by atoms with Gasteiger partial charge in [0.1, 0.15) is 24.2 Å². The van der Waals surface area contributed by atoms with Crippen LogP contribution in [0.5, 0.6) is 0 Å². The van der Waals surface area contributed by atoms with Crippen molar-refractivity contribution in [1.82, 2.24) is 0 Å². The third kappa shape index (κ3) is 17.9. The number of hydrogen-bond acceptors (Lipinski definition) is 11. The molecule has 0 radical (unpaired) electrons. The zero-order valence-electron chi connectivity index (χ0n) is 19.3. The van der Waals surface area contributed by atoms with Gasteiger partial charge in [0.25, 0.3) is 0 Å². The number of carbonyl (C=O) groups excluding carboxylic acids is 2. The van der Waals surface area contributed by atoms with E-state index in [1.165, 1.54) is 6.92 Å². The van der Waals surface area contributed by atoms with Gasteiger partial charge < -0.3 is 43.0 Å². The Kier molecular flexibility index (Phi) is 20.4. The summed E-state index contributed by atoms with van der Waals surface area (Å²) < 4.78 is 4.51. The predicted octanol–water partition coefficient (Wildman–Crippen LogP) is -1.09. The third-order valence-electron chi connectivity index (χ3n) is 4.08. The van der Waals surface area contributed by atoms with E-state index in [4.69, 9.17) is 38.3 Å². The van der Waals surface area contributed by atoms with E-state index in [1.807, 2.05) is 27.7 Å². The van der Waals surface area contributed by atoms with E-state index in [-0.39, 0.29) is 11.7 Å². The lowest BCUT2D eigenvalue weighted by Crippen LogP contribution is -2.43. The molecule has 0 heterocycles. The number of aliphatic carboxylic acids is 2. The van der Waals surface area contributed by atoms with Gasteiger partial charge in [0.15, 0.2) is 0 Å².